The van der Waals surface area contributed by atoms with Gasteiger partial charge in [0.25, 0.3) is 0 Å². The second kappa shape index (κ2) is 5.63. The quantitative estimate of drug-likeness (QED) is 0.632. The van der Waals surface area contributed by atoms with E-state index in [0.29, 0.717) is 12.0 Å². The predicted octanol–water partition coefficient (Wildman–Crippen LogP) is 2.60. The van der Waals surface area contributed by atoms with Crippen molar-refractivity contribution in [2.45, 2.75) is 39.3 Å². The van der Waals surface area contributed by atoms with Crippen molar-refractivity contribution in [3.63, 3.8) is 0 Å². The molecule has 2 heterocycles. The van der Waals surface area contributed by atoms with Gasteiger partial charge in [0.15, 0.2) is 5.82 Å². The molecule has 0 aliphatic heterocycles. The highest BCUT2D eigenvalue weighted by atomic mass is 32.1. The zero-order valence-electron chi connectivity index (χ0n) is 12.0. The minimum atomic E-state index is 0.660. The molecule has 1 aliphatic rings. The Hall–Kier alpha value is -1.24. The van der Waals surface area contributed by atoms with Crippen LogP contribution < -0.4 is 11.3 Å². The number of nitrogens with two attached hydrogens (primary N) is 1. The minimum Gasteiger partial charge on any atom is -0.308 e. The van der Waals surface area contributed by atoms with Crippen LogP contribution in [-0.2, 0) is 6.54 Å². The number of hydrazine groups is 1. The van der Waals surface area contributed by atoms with Crippen LogP contribution in [-0.4, -0.2) is 27.5 Å². The molecular weight excluding hydrogens is 270 g/mol. The van der Waals surface area contributed by atoms with Crippen LogP contribution in [0.2, 0.25) is 0 Å². The fourth-order valence-electron chi connectivity index (χ4n) is 2.51. The van der Waals surface area contributed by atoms with Gasteiger partial charge in [-0.05, 0) is 30.2 Å². The standard InChI is InChI=1S/C14H21N5S/c1-9(2)7-19(10-3-4-10)8-12-16-13(18-15)11-5-6-20-14(11)17-12/h5-6,9-10H,3-4,7-8,15H2,1-2H3,(H,16,17,18). The van der Waals surface area contributed by atoms with E-state index in [4.69, 9.17) is 5.84 Å². The molecule has 0 amide bonds. The maximum absolute atomic E-state index is 5.58. The molecule has 0 unspecified atom stereocenters. The second-order valence-electron chi connectivity index (χ2n) is 5.83. The van der Waals surface area contributed by atoms with Gasteiger partial charge in [-0.25, -0.2) is 15.8 Å². The molecule has 0 bridgehead atoms. The lowest BCUT2D eigenvalue weighted by Gasteiger charge is -2.23. The van der Waals surface area contributed by atoms with Crippen LogP contribution in [0.1, 0.15) is 32.5 Å². The van der Waals surface area contributed by atoms with Crippen molar-refractivity contribution in [3.05, 3.63) is 17.3 Å². The smallest absolute Gasteiger partial charge is 0.152 e. The summed E-state index contributed by atoms with van der Waals surface area (Å²) in [6.07, 6.45) is 2.60. The summed E-state index contributed by atoms with van der Waals surface area (Å²) in [5, 5.41) is 3.03. The number of rotatable bonds is 6. The molecule has 1 fully saturated rings. The number of nitrogens with one attached hydrogen (secondary N) is 1. The van der Waals surface area contributed by atoms with Crippen LogP contribution in [0.4, 0.5) is 5.82 Å². The molecule has 20 heavy (non-hydrogen) atoms. The van der Waals surface area contributed by atoms with E-state index in [1.165, 1.54) is 12.8 Å². The molecule has 0 atom stereocenters. The Bertz CT molecular complexity index is 590. The Balaban J connectivity index is 1.85. The molecule has 108 valence electrons. The van der Waals surface area contributed by atoms with Gasteiger partial charge in [0, 0.05) is 12.6 Å². The fourth-order valence-corrected chi connectivity index (χ4v) is 3.30. The summed E-state index contributed by atoms with van der Waals surface area (Å²) < 4.78 is 0. The maximum atomic E-state index is 5.58. The van der Waals surface area contributed by atoms with Crippen LogP contribution in [0.25, 0.3) is 10.2 Å². The number of fused-ring (bicyclic) bond motifs is 1. The van der Waals surface area contributed by atoms with Gasteiger partial charge in [-0.1, -0.05) is 13.8 Å². The Morgan fingerprint density at radius 2 is 2.25 bits per heavy atom. The van der Waals surface area contributed by atoms with Gasteiger partial charge in [0.1, 0.15) is 10.7 Å². The number of thiophene rings is 1. The predicted molar refractivity (Wildman–Crippen MR) is 83.5 cm³/mol. The highest BCUT2D eigenvalue weighted by molar-refractivity contribution is 7.16. The monoisotopic (exact) mass is 291 g/mol. The van der Waals surface area contributed by atoms with Gasteiger partial charge in [-0.3, -0.25) is 4.90 Å². The average Bonchev–Trinajstić information content (AvgIpc) is 3.15. The molecule has 0 aromatic carbocycles. The van der Waals surface area contributed by atoms with Gasteiger partial charge in [0.05, 0.1) is 11.9 Å². The van der Waals surface area contributed by atoms with E-state index in [0.717, 1.165) is 34.9 Å². The van der Waals surface area contributed by atoms with Gasteiger partial charge in [0.2, 0.25) is 0 Å². The summed E-state index contributed by atoms with van der Waals surface area (Å²) in [5.74, 6) is 7.83. The molecule has 2 aromatic heterocycles. The molecule has 0 radical (unpaired) electrons. The Labute approximate surface area is 123 Å². The molecule has 5 nitrogen and oxygen atoms in total. The van der Waals surface area contributed by atoms with Crippen LogP contribution >= 0.6 is 11.3 Å². The molecule has 3 N–H and O–H groups in total. The fraction of sp³-hybridized carbons (Fsp3) is 0.571. The van der Waals surface area contributed by atoms with Crippen LogP contribution in [0, 0.1) is 5.92 Å². The zero-order valence-corrected chi connectivity index (χ0v) is 12.8. The highest BCUT2D eigenvalue weighted by Crippen LogP contribution is 2.30. The van der Waals surface area contributed by atoms with Gasteiger partial charge < -0.3 is 5.43 Å². The molecule has 1 saturated carbocycles. The minimum absolute atomic E-state index is 0.660. The lowest BCUT2D eigenvalue weighted by atomic mass is 10.2. The molecule has 3 rings (SSSR count). The summed E-state index contributed by atoms with van der Waals surface area (Å²) in [6, 6.07) is 2.72. The molecule has 6 heteroatoms. The van der Waals surface area contributed by atoms with Crippen molar-refractivity contribution in [1.82, 2.24) is 14.9 Å². The molecule has 1 aliphatic carbocycles. The summed E-state index contributed by atoms with van der Waals surface area (Å²) in [7, 11) is 0. The van der Waals surface area contributed by atoms with Gasteiger partial charge in [-0.2, -0.15) is 0 Å². The summed E-state index contributed by atoms with van der Waals surface area (Å²) in [5.41, 5.74) is 2.69. The summed E-state index contributed by atoms with van der Waals surface area (Å²) >= 11 is 1.63. The van der Waals surface area contributed by atoms with E-state index in [2.05, 4.69) is 34.1 Å². The van der Waals surface area contributed by atoms with Crippen molar-refractivity contribution in [1.29, 1.82) is 0 Å². The normalized spacial score (nSPS) is 15.4. The van der Waals surface area contributed by atoms with Crippen molar-refractivity contribution in [2.24, 2.45) is 11.8 Å². The second-order valence-corrected chi connectivity index (χ2v) is 6.72. The first-order chi connectivity index (χ1) is 9.67. The average molecular weight is 291 g/mol. The SMILES string of the molecule is CC(C)CN(Cc1nc(NN)c2ccsc2n1)C1CC1. The van der Waals surface area contributed by atoms with Crippen molar-refractivity contribution in [3.8, 4) is 0 Å². The number of hydrogen-bond acceptors (Lipinski definition) is 6. The number of aromatic nitrogens is 2. The summed E-state index contributed by atoms with van der Waals surface area (Å²) in [4.78, 5) is 12.7. The Kier molecular flexibility index (Phi) is 3.87. The van der Waals surface area contributed by atoms with E-state index in [-0.39, 0.29) is 0 Å². The van der Waals surface area contributed by atoms with Gasteiger partial charge >= 0.3 is 0 Å². The number of nitrogen functional groups attached to an aromatic ring is 1. The molecular formula is C14H21N5S. The van der Waals surface area contributed by atoms with E-state index in [9.17, 15) is 0 Å². The van der Waals surface area contributed by atoms with E-state index < -0.39 is 0 Å². The lowest BCUT2D eigenvalue weighted by molar-refractivity contribution is 0.221. The lowest BCUT2D eigenvalue weighted by Crippen LogP contribution is -2.30. The van der Waals surface area contributed by atoms with Crippen molar-refractivity contribution >= 4 is 27.4 Å². The van der Waals surface area contributed by atoms with E-state index in [1.807, 2.05) is 11.4 Å². The number of anilines is 1. The van der Waals surface area contributed by atoms with E-state index in [1.54, 1.807) is 11.3 Å². The Morgan fingerprint density at radius 1 is 1.45 bits per heavy atom. The molecule has 0 spiro atoms. The largest absolute Gasteiger partial charge is 0.308 e. The van der Waals surface area contributed by atoms with Crippen molar-refractivity contribution in [2.75, 3.05) is 12.0 Å². The van der Waals surface area contributed by atoms with Crippen LogP contribution in [0.5, 0.6) is 0 Å². The molecule has 0 saturated heterocycles. The van der Waals surface area contributed by atoms with Crippen LogP contribution in [0.3, 0.4) is 0 Å². The highest BCUT2D eigenvalue weighted by Gasteiger charge is 2.30. The number of hydrogen-bond donors (Lipinski definition) is 2. The van der Waals surface area contributed by atoms with Crippen molar-refractivity contribution < 1.29 is 0 Å². The summed E-state index contributed by atoms with van der Waals surface area (Å²) in [6.45, 7) is 6.42. The first kappa shape index (κ1) is 13.7. The van der Waals surface area contributed by atoms with Crippen LogP contribution in [0.15, 0.2) is 11.4 Å². The topological polar surface area (TPSA) is 67.1 Å². The third kappa shape index (κ3) is 2.92. The maximum Gasteiger partial charge on any atom is 0.152 e. The first-order valence-electron chi connectivity index (χ1n) is 7.12. The van der Waals surface area contributed by atoms with Gasteiger partial charge in [-0.15, -0.1) is 11.3 Å². The third-order valence-corrected chi connectivity index (χ3v) is 4.32. The number of nitrogens with zero attached hydrogens (tertiary/aromatic N) is 3. The zero-order chi connectivity index (χ0) is 14.1. The Morgan fingerprint density at radius 3 is 2.90 bits per heavy atom. The first-order valence-corrected chi connectivity index (χ1v) is 8.00. The molecule has 2 aromatic rings. The third-order valence-electron chi connectivity index (χ3n) is 3.52. The van der Waals surface area contributed by atoms with E-state index >= 15 is 0 Å².